The molecule has 0 aliphatic heterocycles. The molecule has 14 heavy (non-hydrogen) atoms. The molecule has 0 radical (unpaired) electrons. The number of halogens is 1. The van der Waals surface area contributed by atoms with Gasteiger partial charge in [0, 0.05) is 12.1 Å². The van der Waals surface area contributed by atoms with Crippen LogP contribution in [0.3, 0.4) is 0 Å². The smallest absolute Gasteiger partial charge is 0.104 e. The van der Waals surface area contributed by atoms with Gasteiger partial charge in [0.2, 0.25) is 0 Å². The van der Waals surface area contributed by atoms with E-state index in [1.807, 2.05) is 13.0 Å². The highest BCUT2D eigenvalue weighted by atomic mass is 19.1. The number of allylic oxidation sites excluding steroid dienone is 6. The van der Waals surface area contributed by atoms with Gasteiger partial charge >= 0.3 is 0 Å². The molecule has 2 heteroatoms. The van der Waals surface area contributed by atoms with Crippen LogP contribution in [0.4, 0.5) is 4.39 Å². The summed E-state index contributed by atoms with van der Waals surface area (Å²) in [5.74, 6) is -0.127. The highest BCUT2D eigenvalue weighted by Gasteiger charge is 2.03. The Morgan fingerprint density at radius 3 is 2.86 bits per heavy atom. The topological polar surface area (TPSA) is 26.0 Å². The first kappa shape index (κ1) is 10.8. The molecular weight excluding hydrogens is 177 g/mol. The zero-order chi connectivity index (χ0) is 10.6. The monoisotopic (exact) mass is 193 g/mol. The van der Waals surface area contributed by atoms with Crippen molar-refractivity contribution in [1.82, 2.24) is 0 Å². The van der Waals surface area contributed by atoms with Gasteiger partial charge in [-0.1, -0.05) is 30.7 Å². The first-order valence-corrected chi connectivity index (χ1v) is 4.83. The molecule has 0 atom stereocenters. The normalized spacial score (nSPS) is 18.2. The number of hydrogen-bond donors (Lipinski definition) is 1. The second kappa shape index (κ2) is 4.80. The fourth-order valence-electron chi connectivity index (χ4n) is 1.22. The lowest BCUT2D eigenvalue weighted by atomic mass is 10.1. The Morgan fingerprint density at radius 2 is 2.21 bits per heavy atom. The highest BCUT2D eigenvalue weighted by Crippen LogP contribution is 2.18. The maximum Gasteiger partial charge on any atom is 0.104 e. The van der Waals surface area contributed by atoms with E-state index in [-0.39, 0.29) is 5.83 Å². The van der Waals surface area contributed by atoms with Gasteiger partial charge in [-0.2, -0.15) is 0 Å². The molecule has 0 saturated heterocycles. The lowest BCUT2D eigenvalue weighted by Crippen LogP contribution is -2.02. The van der Waals surface area contributed by atoms with Crippen molar-refractivity contribution in [3.63, 3.8) is 0 Å². The van der Waals surface area contributed by atoms with Crippen LogP contribution >= 0.6 is 0 Å². The third kappa shape index (κ3) is 2.59. The second-order valence-corrected chi connectivity index (χ2v) is 3.39. The third-order valence-electron chi connectivity index (χ3n) is 2.36. The summed E-state index contributed by atoms with van der Waals surface area (Å²) in [7, 11) is 0. The van der Waals surface area contributed by atoms with E-state index in [1.165, 1.54) is 6.08 Å². The van der Waals surface area contributed by atoms with Crippen LogP contribution in [0.25, 0.3) is 0 Å². The van der Waals surface area contributed by atoms with Gasteiger partial charge in [-0.15, -0.1) is 0 Å². The predicted octanol–water partition coefficient (Wildman–Crippen LogP) is 3.37. The lowest BCUT2D eigenvalue weighted by molar-refractivity contribution is 0.618. The van der Waals surface area contributed by atoms with Crippen molar-refractivity contribution in [3.05, 3.63) is 47.0 Å². The van der Waals surface area contributed by atoms with Crippen molar-refractivity contribution in [2.75, 3.05) is 0 Å². The Kier molecular flexibility index (Phi) is 3.69. The van der Waals surface area contributed by atoms with Gasteiger partial charge in [0.15, 0.2) is 0 Å². The minimum atomic E-state index is -0.127. The summed E-state index contributed by atoms with van der Waals surface area (Å²) >= 11 is 0. The SMILES string of the molecule is CC/C(C)=C(\N)C1=CC=C(F)CC=C1. The zero-order valence-electron chi connectivity index (χ0n) is 8.68. The summed E-state index contributed by atoms with van der Waals surface area (Å²) in [5, 5.41) is 0. The van der Waals surface area contributed by atoms with Crippen LogP contribution in [0.2, 0.25) is 0 Å². The number of nitrogens with two attached hydrogens (primary N) is 1. The van der Waals surface area contributed by atoms with Crippen molar-refractivity contribution in [1.29, 1.82) is 0 Å². The molecule has 0 unspecified atom stereocenters. The van der Waals surface area contributed by atoms with Gasteiger partial charge in [0.05, 0.1) is 0 Å². The van der Waals surface area contributed by atoms with E-state index in [0.29, 0.717) is 6.42 Å². The third-order valence-corrected chi connectivity index (χ3v) is 2.36. The van der Waals surface area contributed by atoms with Crippen LogP contribution in [-0.2, 0) is 0 Å². The van der Waals surface area contributed by atoms with E-state index in [1.54, 1.807) is 12.2 Å². The summed E-state index contributed by atoms with van der Waals surface area (Å²) in [4.78, 5) is 0. The van der Waals surface area contributed by atoms with Gasteiger partial charge in [-0.25, -0.2) is 4.39 Å². The number of hydrogen-bond acceptors (Lipinski definition) is 1. The predicted molar refractivity (Wildman–Crippen MR) is 58.2 cm³/mol. The Labute approximate surface area is 84.5 Å². The molecule has 0 aromatic rings. The Balaban J connectivity index is 2.99. The van der Waals surface area contributed by atoms with Gasteiger partial charge in [0.1, 0.15) is 5.83 Å². The van der Waals surface area contributed by atoms with E-state index < -0.39 is 0 Å². The van der Waals surface area contributed by atoms with Crippen LogP contribution in [0.5, 0.6) is 0 Å². The molecule has 0 bridgehead atoms. The molecule has 0 saturated carbocycles. The zero-order valence-corrected chi connectivity index (χ0v) is 8.68. The average Bonchev–Trinajstić information content (AvgIpc) is 2.40. The summed E-state index contributed by atoms with van der Waals surface area (Å²) in [6, 6.07) is 0. The highest BCUT2D eigenvalue weighted by molar-refractivity contribution is 5.44. The Morgan fingerprint density at radius 1 is 1.50 bits per heavy atom. The second-order valence-electron chi connectivity index (χ2n) is 3.39. The first-order chi connectivity index (χ1) is 6.65. The van der Waals surface area contributed by atoms with E-state index >= 15 is 0 Å². The van der Waals surface area contributed by atoms with Crippen molar-refractivity contribution < 1.29 is 4.39 Å². The molecule has 1 rings (SSSR count). The van der Waals surface area contributed by atoms with Crippen molar-refractivity contribution in [3.8, 4) is 0 Å². The van der Waals surface area contributed by atoms with Crippen LogP contribution in [0.15, 0.2) is 47.0 Å². The molecule has 1 nitrogen and oxygen atoms in total. The maximum atomic E-state index is 12.9. The molecule has 0 aromatic carbocycles. The lowest BCUT2D eigenvalue weighted by Gasteiger charge is -2.05. The summed E-state index contributed by atoms with van der Waals surface area (Å²) in [6.07, 6.45) is 8.15. The van der Waals surface area contributed by atoms with E-state index in [4.69, 9.17) is 5.73 Å². The standard InChI is InChI=1S/C12H16FN/c1-3-9(2)12(14)10-5-4-6-11(13)8-7-10/h4-5,7-8H,3,6,14H2,1-2H3/b12-9-. The first-order valence-electron chi connectivity index (χ1n) is 4.83. The molecule has 76 valence electrons. The molecule has 0 spiro atoms. The molecule has 0 heterocycles. The quantitative estimate of drug-likeness (QED) is 0.715. The molecule has 1 aliphatic carbocycles. The van der Waals surface area contributed by atoms with E-state index in [2.05, 4.69) is 6.92 Å². The molecule has 1 aliphatic rings. The molecule has 0 aromatic heterocycles. The minimum absolute atomic E-state index is 0.127. The fourth-order valence-corrected chi connectivity index (χ4v) is 1.22. The number of rotatable bonds is 2. The van der Waals surface area contributed by atoms with Crippen molar-refractivity contribution in [2.45, 2.75) is 26.7 Å². The van der Waals surface area contributed by atoms with Crippen LogP contribution < -0.4 is 5.73 Å². The summed E-state index contributed by atoms with van der Waals surface area (Å²) < 4.78 is 12.9. The van der Waals surface area contributed by atoms with Crippen LogP contribution in [-0.4, -0.2) is 0 Å². The summed E-state index contributed by atoms with van der Waals surface area (Å²) in [6.45, 7) is 4.05. The Hall–Kier alpha value is -1.31. The van der Waals surface area contributed by atoms with Gasteiger partial charge in [-0.3, -0.25) is 0 Å². The Bertz CT molecular complexity index is 332. The van der Waals surface area contributed by atoms with Gasteiger partial charge in [-0.05, 0) is 25.0 Å². The average molecular weight is 193 g/mol. The minimum Gasteiger partial charge on any atom is -0.398 e. The van der Waals surface area contributed by atoms with E-state index in [9.17, 15) is 4.39 Å². The van der Waals surface area contributed by atoms with E-state index in [0.717, 1.165) is 23.3 Å². The van der Waals surface area contributed by atoms with Crippen LogP contribution in [0.1, 0.15) is 26.7 Å². The van der Waals surface area contributed by atoms with Crippen LogP contribution in [0, 0.1) is 0 Å². The fraction of sp³-hybridized carbons (Fsp3) is 0.333. The van der Waals surface area contributed by atoms with Crippen molar-refractivity contribution in [2.24, 2.45) is 5.73 Å². The maximum absolute atomic E-state index is 12.9. The molecular formula is C12H16FN. The molecule has 0 amide bonds. The van der Waals surface area contributed by atoms with Gasteiger partial charge < -0.3 is 5.73 Å². The molecule has 0 fully saturated rings. The summed E-state index contributed by atoms with van der Waals surface area (Å²) in [5.41, 5.74) is 8.72. The largest absolute Gasteiger partial charge is 0.398 e. The van der Waals surface area contributed by atoms with Crippen molar-refractivity contribution >= 4 is 0 Å². The molecule has 2 N–H and O–H groups in total. The van der Waals surface area contributed by atoms with Gasteiger partial charge in [0.25, 0.3) is 0 Å².